The standard InChI is InChI=1S/C16H17F3N2O/c17-16(18,19)15(21-9-7-20-8-10-21)14-12-4-2-1-3-11(12)5-6-13(14)22/h1-6,15,20,22H,7-10H2/t15-/m0/s1. The second-order valence-electron chi connectivity index (χ2n) is 5.45. The summed E-state index contributed by atoms with van der Waals surface area (Å²) in [5.41, 5.74) is -0.0486. The predicted octanol–water partition coefficient (Wildman–Crippen LogP) is 3.05. The van der Waals surface area contributed by atoms with Crippen LogP contribution in [-0.2, 0) is 0 Å². The van der Waals surface area contributed by atoms with Crippen molar-refractivity contribution in [2.24, 2.45) is 0 Å². The fourth-order valence-electron chi connectivity index (χ4n) is 3.07. The van der Waals surface area contributed by atoms with Crippen molar-refractivity contribution in [2.45, 2.75) is 12.2 Å². The van der Waals surface area contributed by atoms with Gasteiger partial charge in [-0.15, -0.1) is 0 Å². The van der Waals surface area contributed by atoms with Gasteiger partial charge in [-0.25, -0.2) is 0 Å². The smallest absolute Gasteiger partial charge is 0.408 e. The molecule has 2 aromatic rings. The quantitative estimate of drug-likeness (QED) is 0.895. The summed E-state index contributed by atoms with van der Waals surface area (Å²) in [7, 11) is 0. The van der Waals surface area contributed by atoms with Crippen LogP contribution in [0, 0.1) is 0 Å². The van der Waals surface area contributed by atoms with Gasteiger partial charge in [0.25, 0.3) is 0 Å². The molecule has 6 heteroatoms. The molecule has 0 bridgehead atoms. The average Bonchev–Trinajstić information content (AvgIpc) is 2.50. The highest BCUT2D eigenvalue weighted by atomic mass is 19.4. The molecule has 3 rings (SSSR count). The van der Waals surface area contributed by atoms with Gasteiger partial charge in [-0.2, -0.15) is 13.2 Å². The molecule has 0 aromatic heterocycles. The van der Waals surface area contributed by atoms with E-state index in [1.807, 2.05) is 0 Å². The first-order valence-electron chi connectivity index (χ1n) is 7.20. The molecule has 0 unspecified atom stereocenters. The number of aromatic hydroxyl groups is 1. The maximum Gasteiger partial charge on any atom is 0.408 e. The van der Waals surface area contributed by atoms with E-state index in [0.717, 1.165) is 0 Å². The highest BCUT2D eigenvalue weighted by Crippen LogP contribution is 2.44. The van der Waals surface area contributed by atoms with E-state index >= 15 is 0 Å². The SMILES string of the molecule is Oc1ccc2ccccc2c1[C@H](N1CCNCC1)C(F)(F)F. The van der Waals surface area contributed by atoms with Crippen molar-refractivity contribution in [1.29, 1.82) is 0 Å². The van der Waals surface area contributed by atoms with Gasteiger partial charge >= 0.3 is 6.18 Å². The lowest BCUT2D eigenvalue weighted by Gasteiger charge is -2.36. The van der Waals surface area contributed by atoms with Gasteiger partial charge in [0, 0.05) is 31.7 Å². The number of hydrogen-bond acceptors (Lipinski definition) is 3. The molecule has 0 saturated carbocycles. The molecule has 1 fully saturated rings. The Bertz CT molecular complexity index is 666. The van der Waals surface area contributed by atoms with E-state index < -0.39 is 12.2 Å². The summed E-state index contributed by atoms with van der Waals surface area (Å²) >= 11 is 0. The van der Waals surface area contributed by atoms with E-state index in [1.165, 1.54) is 11.0 Å². The number of alkyl halides is 3. The number of piperazine rings is 1. The van der Waals surface area contributed by atoms with Crippen LogP contribution < -0.4 is 5.32 Å². The fraction of sp³-hybridized carbons (Fsp3) is 0.375. The Morgan fingerprint density at radius 3 is 2.41 bits per heavy atom. The van der Waals surface area contributed by atoms with Gasteiger partial charge in [-0.05, 0) is 16.8 Å². The average molecular weight is 310 g/mol. The monoisotopic (exact) mass is 310 g/mol. The molecular formula is C16H17F3N2O. The minimum Gasteiger partial charge on any atom is -0.508 e. The first kappa shape index (κ1) is 15.1. The van der Waals surface area contributed by atoms with Crippen LogP contribution >= 0.6 is 0 Å². The molecule has 0 amide bonds. The summed E-state index contributed by atoms with van der Waals surface area (Å²) in [4.78, 5) is 1.39. The normalized spacial score (nSPS) is 18.5. The molecule has 2 N–H and O–H groups in total. The summed E-state index contributed by atoms with van der Waals surface area (Å²) in [5, 5.41) is 14.3. The molecule has 1 atom stereocenters. The van der Waals surface area contributed by atoms with Crippen LogP contribution in [0.15, 0.2) is 36.4 Å². The Labute approximate surface area is 126 Å². The zero-order chi connectivity index (χ0) is 15.7. The number of hydrogen-bond donors (Lipinski definition) is 2. The van der Waals surface area contributed by atoms with Gasteiger partial charge < -0.3 is 10.4 Å². The summed E-state index contributed by atoms with van der Waals surface area (Å²) in [5.74, 6) is -0.306. The van der Waals surface area contributed by atoms with Gasteiger partial charge in [0.15, 0.2) is 0 Å². The van der Waals surface area contributed by atoms with Crippen molar-refractivity contribution in [1.82, 2.24) is 10.2 Å². The fourth-order valence-corrected chi connectivity index (χ4v) is 3.07. The summed E-state index contributed by atoms with van der Waals surface area (Å²) in [6.45, 7) is 1.62. The van der Waals surface area contributed by atoms with Crippen molar-refractivity contribution in [3.05, 3.63) is 42.0 Å². The highest BCUT2D eigenvalue weighted by molar-refractivity contribution is 5.88. The molecule has 22 heavy (non-hydrogen) atoms. The van der Waals surface area contributed by atoms with E-state index in [0.29, 0.717) is 37.0 Å². The lowest BCUT2D eigenvalue weighted by Crippen LogP contribution is -2.49. The maximum atomic E-state index is 13.7. The zero-order valence-corrected chi connectivity index (χ0v) is 11.9. The van der Waals surface area contributed by atoms with Crippen LogP contribution in [0.4, 0.5) is 13.2 Å². The van der Waals surface area contributed by atoms with E-state index in [9.17, 15) is 18.3 Å². The number of phenols is 1. The number of nitrogens with zero attached hydrogens (tertiary/aromatic N) is 1. The van der Waals surface area contributed by atoms with Crippen LogP contribution in [0.2, 0.25) is 0 Å². The number of halogens is 3. The topological polar surface area (TPSA) is 35.5 Å². The Kier molecular flexibility index (Phi) is 3.97. The summed E-state index contributed by atoms with van der Waals surface area (Å²) < 4.78 is 41.2. The van der Waals surface area contributed by atoms with E-state index in [4.69, 9.17) is 0 Å². The third-order valence-electron chi connectivity index (χ3n) is 4.05. The van der Waals surface area contributed by atoms with Crippen LogP contribution in [0.1, 0.15) is 11.6 Å². The Hall–Kier alpha value is -1.79. The molecule has 1 saturated heterocycles. The third kappa shape index (κ3) is 2.76. The second-order valence-corrected chi connectivity index (χ2v) is 5.45. The van der Waals surface area contributed by atoms with Gasteiger partial charge in [0.2, 0.25) is 0 Å². The molecule has 1 aliphatic rings. The molecule has 1 heterocycles. The number of rotatable bonds is 2. The summed E-state index contributed by atoms with van der Waals surface area (Å²) in [6.07, 6.45) is -4.45. The minimum atomic E-state index is -4.45. The third-order valence-corrected chi connectivity index (χ3v) is 4.05. The molecule has 1 aliphatic heterocycles. The molecule has 0 radical (unpaired) electrons. The first-order chi connectivity index (χ1) is 10.5. The van der Waals surface area contributed by atoms with Gasteiger partial charge in [-0.3, -0.25) is 4.90 Å². The minimum absolute atomic E-state index is 0.0486. The zero-order valence-electron chi connectivity index (χ0n) is 11.9. The largest absolute Gasteiger partial charge is 0.508 e. The molecule has 118 valence electrons. The Morgan fingerprint density at radius 2 is 1.73 bits per heavy atom. The lowest BCUT2D eigenvalue weighted by atomic mass is 9.95. The molecular weight excluding hydrogens is 293 g/mol. The number of phenolic OH excluding ortho intramolecular Hbond substituents is 1. The highest BCUT2D eigenvalue weighted by Gasteiger charge is 2.46. The van der Waals surface area contributed by atoms with Crippen LogP contribution in [0.3, 0.4) is 0 Å². The van der Waals surface area contributed by atoms with Gasteiger partial charge in [-0.1, -0.05) is 30.3 Å². The van der Waals surface area contributed by atoms with Crippen molar-refractivity contribution >= 4 is 10.8 Å². The lowest BCUT2D eigenvalue weighted by molar-refractivity contribution is -0.187. The molecule has 2 aromatic carbocycles. The number of fused-ring (bicyclic) bond motifs is 1. The van der Waals surface area contributed by atoms with Crippen molar-refractivity contribution in [3.8, 4) is 5.75 Å². The van der Waals surface area contributed by atoms with Gasteiger partial charge in [0.1, 0.15) is 11.8 Å². The van der Waals surface area contributed by atoms with Crippen LogP contribution in [-0.4, -0.2) is 42.4 Å². The van der Waals surface area contributed by atoms with Gasteiger partial charge in [0.05, 0.1) is 0 Å². The van der Waals surface area contributed by atoms with Crippen molar-refractivity contribution in [2.75, 3.05) is 26.2 Å². The van der Waals surface area contributed by atoms with E-state index in [-0.39, 0.29) is 11.3 Å². The second kappa shape index (κ2) is 5.78. The number of nitrogens with one attached hydrogen (secondary N) is 1. The first-order valence-corrected chi connectivity index (χ1v) is 7.20. The summed E-state index contributed by atoms with van der Waals surface area (Å²) in [6, 6.07) is 8.04. The van der Waals surface area contributed by atoms with Crippen molar-refractivity contribution in [3.63, 3.8) is 0 Å². The maximum absolute atomic E-state index is 13.7. The van der Waals surface area contributed by atoms with Crippen LogP contribution in [0.25, 0.3) is 10.8 Å². The predicted molar refractivity (Wildman–Crippen MR) is 78.9 cm³/mol. The number of benzene rings is 2. The van der Waals surface area contributed by atoms with E-state index in [1.54, 1.807) is 30.3 Å². The Morgan fingerprint density at radius 1 is 1.05 bits per heavy atom. The van der Waals surface area contributed by atoms with Crippen LogP contribution in [0.5, 0.6) is 5.75 Å². The molecule has 0 aliphatic carbocycles. The Balaban J connectivity index is 2.17. The van der Waals surface area contributed by atoms with E-state index in [2.05, 4.69) is 5.32 Å². The molecule has 3 nitrogen and oxygen atoms in total. The van der Waals surface area contributed by atoms with Crippen molar-refractivity contribution < 1.29 is 18.3 Å². The molecule has 0 spiro atoms.